The number of hydrogen-bond acceptors (Lipinski definition) is 5. The Bertz CT molecular complexity index is 1180. The highest BCUT2D eigenvalue weighted by molar-refractivity contribution is 8.18. The molecule has 0 saturated carbocycles. The number of hydrogen-bond donors (Lipinski definition) is 1. The topological polar surface area (TPSA) is 79.6 Å². The predicted molar refractivity (Wildman–Crippen MR) is 122 cm³/mol. The van der Waals surface area contributed by atoms with Crippen LogP contribution in [0.15, 0.2) is 70.0 Å². The van der Waals surface area contributed by atoms with Crippen LogP contribution in [0.4, 0.5) is 10.5 Å². The number of carbonyl (C=O) groups is 3. The first-order chi connectivity index (χ1) is 14.9. The minimum absolute atomic E-state index is 0.199. The van der Waals surface area contributed by atoms with Gasteiger partial charge in [-0.2, -0.15) is 0 Å². The van der Waals surface area contributed by atoms with Crippen molar-refractivity contribution >= 4 is 52.2 Å². The number of anilines is 1. The van der Waals surface area contributed by atoms with E-state index in [0.717, 1.165) is 27.8 Å². The molecule has 2 heterocycles. The summed E-state index contributed by atoms with van der Waals surface area (Å²) in [4.78, 5) is 38.3. The highest BCUT2D eigenvalue weighted by atomic mass is 35.5. The van der Waals surface area contributed by atoms with Crippen molar-refractivity contribution in [2.24, 2.45) is 0 Å². The fraction of sp³-hybridized carbons (Fsp3) is 0.0870. The summed E-state index contributed by atoms with van der Waals surface area (Å²) in [5.41, 5.74) is 2.50. The van der Waals surface area contributed by atoms with Crippen LogP contribution in [-0.4, -0.2) is 28.5 Å². The van der Waals surface area contributed by atoms with Crippen molar-refractivity contribution in [2.45, 2.75) is 6.92 Å². The zero-order valence-electron chi connectivity index (χ0n) is 16.4. The van der Waals surface area contributed by atoms with Crippen LogP contribution < -0.4 is 5.32 Å². The molecule has 0 bridgehead atoms. The molecule has 1 aliphatic heterocycles. The lowest BCUT2D eigenvalue weighted by Gasteiger charge is -2.12. The molecule has 1 N–H and O–H groups in total. The van der Waals surface area contributed by atoms with Crippen molar-refractivity contribution in [3.63, 3.8) is 0 Å². The zero-order valence-corrected chi connectivity index (χ0v) is 18.0. The molecule has 0 aliphatic carbocycles. The number of carbonyl (C=O) groups excluding carboxylic acids is 3. The van der Waals surface area contributed by atoms with Crippen LogP contribution in [-0.2, 0) is 9.59 Å². The number of thioether (sulfide) groups is 1. The van der Waals surface area contributed by atoms with Crippen LogP contribution in [0, 0.1) is 6.92 Å². The lowest BCUT2D eigenvalue weighted by atomic mass is 10.2. The molecule has 1 aromatic heterocycles. The molecule has 1 aliphatic rings. The molecule has 6 nitrogen and oxygen atoms in total. The second-order valence-corrected chi connectivity index (χ2v) is 8.32. The van der Waals surface area contributed by atoms with Crippen molar-refractivity contribution < 1.29 is 18.8 Å². The van der Waals surface area contributed by atoms with Crippen molar-refractivity contribution in [1.82, 2.24) is 4.90 Å². The molecular weight excluding hydrogens is 436 g/mol. The Kier molecular flexibility index (Phi) is 5.97. The molecule has 3 aromatic rings. The van der Waals surface area contributed by atoms with Gasteiger partial charge in [-0.3, -0.25) is 19.3 Å². The predicted octanol–water partition coefficient (Wildman–Crippen LogP) is 5.58. The third-order valence-electron chi connectivity index (χ3n) is 4.54. The molecule has 2 aromatic carbocycles. The van der Waals surface area contributed by atoms with Gasteiger partial charge in [0.15, 0.2) is 0 Å². The van der Waals surface area contributed by atoms with E-state index in [1.807, 2.05) is 31.2 Å². The number of benzene rings is 2. The molecule has 8 heteroatoms. The van der Waals surface area contributed by atoms with Gasteiger partial charge in [-0.15, -0.1) is 0 Å². The van der Waals surface area contributed by atoms with Gasteiger partial charge in [-0.05, 0) is 67.2 Å². The third kappa shape index (κ3) is 4.90. The molecule has 0 unspecified atom stereocenters. The normalized spacial score (nSPS) is 15.0. The van der Waals surface area contributed by atoms with Gasteiger partial charge in [0.25, 0.3) is 11.1 Å². The van der Waals surface area contributed by atoms with Crippen molar-refractivity contribution in [3.8, 4) is 11.3 Å². The Labute approximate surface area is 187 Å². The van der Waals surface area contributed by atoms with E-state index in [0.29, 0.717) is 22.2 Å². The van der Waals surface area contributed by atoms with Gasteiger partial charge in [-0.25, -0.2) is 0 Å². The van der Waals surface area contributed by atoms with Gasteiger partial charge >= 0.3 is 0 Å². The highest BCUT2D eigenvalue weighted by Crippen LogP contribution is 2.33. The lowest BCUT2D eigenvalue weighted by molar-refractivity contribution is -0.127. The van der Waals surface area contributed by atoms with E-state index < -0.39 is 17.1 Å². The largest absolute Gasteiger partial charge is 0.457 e. The Hall–Kier alpha value is -3.29. The number of aryl methyl sites for hydroxylation is 1. The van der Waals surface area contributed by atoms with Gasteiger partial charge in [0.1, 0.15) is 18.1 Å². The van der Waals surface area contributed by atoms with Gasteiger partial charge in [0, 0.05) is 22.3 Å². The minimum Gasteiger partial charge on any atom is -0.457 e. The van der Waals surface area contributed by atoms with Crippen LogP contribution in [0.2, 0.25) is 5.02 Å². The van der Waals surface area contributed by atoms with Crippen molar-refractivity contribution in [2.75, 3.05) is 11.9 Å². The molecule has 1 fully saturated rings. The molecule has 0 atom stereocenters. The number of rotatable bonds is 5. The average Bonchev–Trinajstić information content (AvgIpc) is 3.31. The molecule has 156 valence electrons. The first-order valence-electron chi connectivity index (χ1n) is 9.37. The second kappa shape index (κ2) is 8.83. The van der Waals surface area contributed by atoms with E-state index >= 15 is 0 Å². The van der Waals surface area contributed by atoms with Crippen molar-refractivity contribution in [1.29, 1.82) is 0 Å². The summed E-state index contributed by atoms with van der Waals surface area (Å²) in [5.74, 6) is 0.0631. The van der Waals surface area contributed by atoms with Crippen LogP contribution in [0.1, 0.15) is 11.3 Å². The molecule has 1 saturated heterocycles. The summed E-state index contributed by atoms with van der Waals surface area (Å²) in [6.45, 7) is 1.58. The second-order valence-electron chi connectivity index (χ2n) is 6.89. The number of amides is 3. The Balaban J connectivity index is 1.44. The molecule has 0 radical (unpaired) electrons. The van der Waals surface area contributed by atoms with Crippen LogP contribution in [0.3, 0.4) is 0 Å². The summed E-state index contributed by atoms with van der Waals surface area (Å²) >= 11 is 6.68. The van der Waals surface area contributed by atoms with Gasteiger partial charge in [0.2, 0.25) is 5.91 Å². The fourth-order valence-electron chi connectivity index (χ4n) is 2.95. The lowest BCUT2D eigenvalue weighted by Crippen LogP contribution is -2.36. The van der Waals surface area contributed by atoms with E-state index in [1.165, 1.54) is 6.08 Å². The molecule has 4 rings (SSSR count). The number of nitrogens with zero attached hydrogens (tertiary/aromatic N) is 1. The molecule has 0 spiro atoms. The molecule has 31 heavy (non-hydrogen) atoms. The van der Waals surface area contributed by atoms with Gasteiger partial charge < -0.3 is 9.73 Å². The maximum atomic E-state index is 12.6. The van der Waals surface area contributed by atoms with E-state index in [1.54, 1.807) is 36.4 Å². The number of furan rings is 1. The van der Waals surface area contributed by atoms with Crippen molar-refractivity contribution in [3.05, 3.63) is 81.9 Å². The summed E-state index contributed by atoms with van der Waals surface area (Å²) < 4.78 is 5.77. The summed E-state index contributed by atoms with van der Waals surface area (Å²) in [5, 5.41) is 2.81. The van der Waals surface area contributed by atoms with Crippen LogP contribution in [0.5, 0.6) is 0 Å². The maximum Gasteiger partial charge on any atom is 0.294 e. The van der Waals surface area contributed by atoms with E-state index in [-0.39, 0.29) is 11.4 Å². The highest BCUT2D eigenvalue weighted by Gasteiger charge is 2.36. The molecular formula is C23H17ClN2O4S. The average molecular weight is 453 g/mol. The summed E-state index contributed by atoms with van der Waals surface area (Å²) in [7, 11) is 0. The number of halogens is 1. The Morgan fingerprint density at radius 1 is 1.06 bits per heavy atom. The quantitative estimate of drug-likeness (QED) is 0.511. The van der Waals surface area contributed by atoms with Gasteiger partial charge in [0.05, 0.1) is 4.91 Å². The first kappa shape index (κ1) is 21.0. The summed E-state index contributed by atoms with van der Waals surface area (Å²) in [6, 6.07) is 17.9. The Morgan fingerprint density at radius 3 is 2.48 bits per heavy atom. The first-order valence-corrected chi connectivity index (χ1v) is 10.6. The third-order valence-corrected chi connectivity index (χ3v) is 5.70. The number of imide groups is 1. The number of nitrogens with one attached hydrogen (secondary N) is 1. The minimum atomic E-state index is -0.529. The standard InChI is InChI=1S/C23H17ClN2O4S/c1-14-2-8-17(9-3-14)25-21(27)13-26-22(28)20(31-23(26)29)12-18-10-11-19(30-18)15-4-6-16(24)7-5-15/h2-12H,13H2,1H3,(H,25,27)/b20-12+. The molecule has 3 amide bonds. The smallest absolute Gasteiger partial charge is 0.294 e. The fourth-order valence-corrected chi connectivity index (χ4v) is 3.89. The van der Waals surface area contributed by atoms with Crippen LogP contribution in [0.25, 0.3) is 17.4 Å². The summed E-state index contributed by atoms with van der Waals surface area (Å²) in [6.07, 6.45) is 1.50. The van der Waals surface area contributed by atoms with E-state index in [2.05, 4.69) is 5.32 Å². The zero-order chi connectivity index (χ0) is 22.0. The van der Waals surface area contributed by atoms with E-state index in [9.17, 15) is 14.4 Å². The monoisotopic (exact) mass is 452 g/mol. The van der Waals surface area contributed by atoms with Gasteiger partial charge in [-0.1, -0.05) is 29.3 Å². The van der Waals surface area contributed by atoms with Crippen LogP contribution >= 0.6 is 23.4 Å². The van der Waals surface area contributed by atoms with E-state index in [4.69, 9.17) is 16.0 Å². The Morgan fingerprint density at radius 2 is 1.77 bits per heavy atom. The maximum absolute atomic E-state index is 12.6. The SMILES string of the molecule is Cc1ccc(NC(=O)CN2C(=O)S/C(=C/c3ccc(-c4ccc(Cl)cc4)o3)C2=O)cc1.